The Labute approximate surface area is 200 Å². The van der Waals surface area contributed by atoms with Gasteiger partial charge in [0.25, 0.3) is 5.91 Å². The van der Waals surface area contributed by atoms with E-state index >= 15 is 0 Å². The molecule has 1 unspecified atom stereocenters. The van der Waals surface area contributed by atoms with Crippen LogP contribution in [-0.2, 0) is 20.9 Å². The summed E-state index contributed by atoms with van der Waals surface area (Å²) >= 11 is 0. The lowest BCUT2D eigenvalue weighted by atomic mass is 9.87. The van der Waals surface area contributed by atoms with E-state index in [-0.39, 0.29) is 30.2 Å². The highest BCUT2D eigenvalue weighted by atomic mass is 16.5. The highest BCUT2D eigenvalue weighted by Crippen LogP contribution is 2.32. The Hall–Kier alpha value is -2.45. The summed E-state index contributed by atoms with van der Waals surface area (Å²) in [6.07, 6.45) is 9.19. The maximum absolute atomic E-state index is 12.9. The molecule has 1 saturated heterocycles. The van der Waals surface area contributed by atoms with Crippen molar-refractivity contribution in [1.82, 2.24) is 15.5 Å². The van der Waals surface area contributed by atoms with Crippen LogP contribution in [0.4, 0.5) is 0 Å². The second-order valence-corrected chi connectivity index (χ2v) is 10.2. The van der Waals surface area contributed by atoms with Gasteiger partial charge in [0, 0.05) is 31.7 Å². The van der Waals surface area contributed by atoms with E-state index in [2.05, 4.69) is 10.6 Å². The lowest BCUT2D eigenvalue weighted by Crippen LogP contribution is -2.52. The van der Waals surface area contributed by atoms with Crippen molar-refractivity contribution >= 4 is 17.7 Å². The molecule has 2 aliphatic carbocycles. The molecular weight excluding hydrogens is 434 g/mol. The van der Waals surface area contributed by atoms with Crippen molar-refractivity contribution in [3.63, 3.8) is 0 Å². The van der Waals surface area contributed by atoms with Gasteiger partial charge in [-0.05, 0) is 87.6 Å². The lowest BCUT2D eigenvalue weighted by molar-refractivity contribution is -0.136. The molecule has 3 fully saturated rings. The molecule has 184 valence electrons. The Kier molecular flexibility index (Phi) is 6.88. The van der Waals surface area contributed by atoms with E-state index in [9.17, 15) is 14.4 Å². The van der Waals surface area contributed by atoms with Crippen molar-refractivity contribution in [1.29, 1.82) is 0 Å². The molecule has 3 atom stereocenters. The predicted octanol–water partition coefficient (Wildman–Crippen LogP) is 2.54. The average molecular weight is 470 g/mol. The number of nitrogens with zero attached hydrogens (tertiary/aromatic N) is 1. The Bertz CT molecular complexity index is 942. The first-order chi connectivity index (χ1) is 16.5. The number of benzene rings is 1. The number of fused-ring (bicyclic) bond motifs is 1. The van der Waals surface area contributed by atoms with E-state index in [0.717, 1.165) is 50.0 Å². The van der Waals surface area contributed by atoms with Gasteiger partial charge in [-0.3, -0.25) is 19.7 Å². The molecule has 8 nitrogen and oxygen atoms in total. The van der Waals surface area contributed by atoms with Crippen LogP contribution >= 0.6 is 0 Å². The SMILES string of the molecule is CO[C@H]1CC[C@@H](CN[C@H]2CCC[C@@H]2Oc2ccc3c(c2)CN(C2CCC(=O)NC2=O)C3=O)CC1. The molecule has 1 aromatic carbocycles. The van der Waals surface area contributed by atoms with Gasteiger partial charge in [-0.15, -0.1) is 0 Å². The standard InChI is InChI=1S/C26H35N3O5/c1-33-18-7-5-16(6-8-18)14-27-21-3-2-4-23(21)34-19-9-10-20-17(13-19)15-29(26(20)32)22-11-12-24(30)28-25(22)31/h9-10,13,16,18,21-23,27H,2-8,11-12,14-15H2,1H3,(H,28,30,31)/t16-,18+,21-,22?,23-/m0/s1. The van der Waals surface area contributed by atoms with Crippen LogP contribution in [0.5, 0.6) is 5.75 Å². The first kappa shape index (κ1) is 23.3. The van der Waals surface area contributed by atoms with Crippen molar-refractivity contribution in [3.05, 3.63) is 29.3 Å². The molecule has 2 N–H and O–H groups in total. The summed E-state index contributed by atoms with van der Waals surface area (Å²) in [6, 6.07) is 5.37. The lowest BCUT2D eigenvalue weighted by Gasteiger charge is -2.30. The molecule has 5 rings (SSSR count). The highest BCUT2D eigenvalue weighted by molar-refractivity contribution is 6.05. The number of amides is 3. The van der Waals surface area contributed by atoms with E-state index in [1.54, 1.807) is 4.90 Å². The van der Waals surface area contributed by atoms with Crippen LogP contribution in [0.3, 0.4) is 0 Å². The molecule has 3 amide bonds. The molecule has 2 heterocycles. The van der Waals surface area contributed by atoms with Crippen molar-refractivity contribution in [2.24, 2.45) is 5.92 Å². The van der Waals surface area contributed by atoms with Crippen LogP contribution in [0, 0.1) is 5.92 Å². The Morgan fingerprint density at radius 3 is 2.65 bits per heavy atom. The fourth-order valence-electron chi connectivity index (χ4n) is 5.99. The molecular formula is C26H35N3O5. The molecule has 0 spiro atoms. The number of carbonyl (C=O) groups is 3. The summed E-state index contributed by atoms with van der Waals surface area (Å²) in [5, 5.41) is 6.12. The van der Waals surface area contributed by atoms with E-state index in [0.29, 0.717) is 36.6 Å². The molecule has 0 radical (unpaired) electrons. The number of ether oxygens (including phenoxy) is 2. The third kappa shape index (κ3) is 4.84. The minimum absolute atomic E-state index is 0.122. The Morgan fingerprint density at radius 2 is 1.88 bits per heavy atom. The van der Waals surface area contributed by atoms with Crippen LogP contribution in [0.25, 0.3) is 0 Å². The first-order valence-electron chi connectivity index (χ1n) is 12.7. The number of nitrogens with one attached hydrogen (secondary N) is 2. The first-order valence-corrected chi connectivity index (χ1v) is 12.7. The van der Waals surface area contributed by atoms with Crippen LogP contribution < -0.4 is 15.4 Å². The number of hydrogen-bond donors (Lipinski definition) is 2. The molecule has 34 heavy (non-hydrogen) atoms. The monoisotopic (exact) mass is 469 g/mol. The average Bonchev–Trinajstić information content (AvgIpc) is 3.41. The third-order valence-corrected chi connectivity index (χ3v) is 8.03. The van der Waals surface area contributed by atoms with Gasteiger partial charge in [0.2, 0.25) is 11.8 Å². The number of piperidine rings is 1. The summed E-state index contributed by atoms with van der Waals surface area (Å²) in [6.45, 7) is 1.40. The van der Waals surface area contributed by atoms with Gasteiger partial charge in [-0.25, -0.2) is 0 Å². The van der Waals surface area contributed by atoms with Crippen molar-refractivity contribution in [2.45, 2.75) is 88.6 Å². The van der Waals surface area contributed by atoms with Crippen molar-refractivity contribution in [3.8, 4) is 5.75 Å². The fourth-order valence-corrected chi connectivity index (χ4v) is 5.99. The Balaban J connectivity index is 1.17. The van der Waals surface area contributed by atoms with Gasteiger partial charge in [0.05, 0.1) is 6.10 Å². The zero-order chi connectivity index (χ0) is 23.7. The molecule has 2 saturated carbocycles. The zero-order valence-electron chi connectivity index (χ0n) is 19.9. The second-order valence-electron chi connectivity index (χ2n) is 10.2. The van der Waals surface area contributed by atoms with Gasteiger partial charge in [-0.1, -0.05) is 0 Å². The smallest absolute Gasteiger partial charge is 0.255 e. The number of methoxy groups -OCH3 is 1. The number of carbonyl (C=O) groups excluding carboxylic acids is 3. The van der Waals surface area contributed by atoms with Crippen molar-refractivity contribution < 1.29 is 23.9 Å². The zero-order valence-corrected chi connectivity index (χ0v) is 19.9. The maximum Gasteiger partial charge on any atom is 0.255 e. The summed E-state index contributed by atoms with van der Waals surface area (Å²) in [4.78, 5) is 38.2. The molecule has 0 bridgehead atoms. The minimum atomic E-state index is -0.593. The highest BCUT2D eigenvalue weighted by Gasteiger charge is 2.39. The quantitative estimate of drug-likeness (QED) is 0.596. The molecule has 0 aromatic heterocycles. The van der Waals surface area contributed by atoms with Crippen LogP contribution in [0.15, 0.2) is 18.2 Å². The number of hydrogen-bond acceptors (Lipinski definition) is 6. The fraction of sp³-hybridized carbons (Fsp3) is 0.654. The number of imide groups is 1. The molecule has 1 aromatic rings. The normalized spacial score (nSPS) is 31.5. The Morgan fingerprint density at radius 1 is 1.06 bits per heavy atom. The summed E-state index contributed by atoms with van der Waals surface area (Å²) in [5.74, 6) is 0.667. The van der Waals surface area contributed by atoms with Gasteiger partial charge >= 0.3 is 0 Å². The summed E-state index contributed by atoms with van der Waals surface area (Å²) < 4.78 is 11.9. The van der Waals surface area contributed by atoms with E-state index in [4.69, 9.17) is 9.47 Å². The van der Waals surface area contributed by atoms with Crippen LogP contribution in [0.2, 0.25) is 0 Å². The minimum Gasteiger partial charge on any atom is -0.489 e. The van der Waals surface area contributed by atoms with Crippen molar-refractivity contribution in [2.75, 3.05) is 13.7 Å². The van der Waals surface area contributed by atoms with E-state index in [1.165, 1.54) is 12.8 Å². The number of rotatable bonds is 7. The van der Waals surface area contributed by atoms with Gasteiger partial charge in [0.15, 0.2) is 0 Å². The predicted molar refractivity (Wildman–Crippen MR) is 125 cm³/mol. The third-order valence-electron chi connectivity index (χ3n) is 8.03. The van der Waals surface area contributed by atoms with E-state index in [1.807, 2.05) is 25.3 Å². The molecule has 2 aliphatic heterocycles. The van der Waals surface area contributed by atoms with Gasteiger partial charge < -0.3 is 19.7 Å². The summed E-state index contributed by atoms with van der Waals surface area (Å²) in [7, 11) is 1.81. The van der Waals surface area contributed by atoms with Crippen LogP contribution in [0.1, 0.15) is 73.7 Å². The maximum atomic E-state index is 12.9. The van der Waals surface area contributed by atoms with E-state index < -0.39 is 6.04 Å². The molecule has 4 aliphatic rings. The van der Waals surface area contributed by atoms with Gasteiger partial charge in [-0.2, -0.15) is 0 Å². The van der Waals surface area contributed by atoms with Gasteiger partial charge in [0.1, 0.15) is 17.9 Å². The second kappa shape index (κ2) is 10.0. The largest absolute Gasteiger partial charge is 0.489 e. The topological polar surface area (TPSA) is 97.0 Å². The summed E-state index contributed by atoms with van der Waals surface area (Å²) in [5.41, 5.74) is 1.49. The van der Waals surface area contributed by atoms with Crippen LogP contribution in [-0.4, -0.2) is 60.6 Å². The molecule has 8 heteroatoms.